The van der Waals surface area contributed by atoms with Crippen molar-refractivity contribution in [1.29, 1.82) is 0 Å². The zero-order chi connectivity index (χ0) is 25.1. The van der Waals surface area contributed by atoms with Gasteiger partial charge in [0.2, 0.25) is 0 Å². The van der Waals surface area contributed by atoms with Crippen molar-refractivity contribution >= 4 is 18.7 Å². The summed E-state index contributed by atoms with van der Waals surface area (Å²) in [7, 11) is -2.86. The molecule has 1 saturated heterocycles. The highest BCUT2D eigenvalue weighted by atomic mass is 28.4. The number of hydrogen-bond donors (Lipinski definition) is 1. The molecule has 5 rings (SSSR count). The van der Waals surface area contributed by atoms with Gasteiger partial charge in [-0.3, -0.25) is 0 Å². The Labute approximate surface area is 217 Å². The first kappa shape index (κ1) is 24.7. The molecule has 1 atom stereocenters. The van der Waals surface area contributed by atoms with Gasteiger partial charge in [0.05, 0.1) is 0 Å². The van der Waals surface area contributed by atoms with Crippen LogP contribution >= 0.6 is 0 Å². The highest BCUT2D eigenvalue weighted by Gasteiger charge is 2.57. The standard InChI is InChI=1S/C33H37NOSi/c1-32(2,3)36(29-21-12-6-13-22-29,30-23-14-7-15-24-30)35-33(31-25-16-26-34-31,27-17-8-4-9-18-27)28-19-10-5-11-20-28/h4-15,17-24,31,34H,16,25-26H2,1-3H3/t31-/m0/s1. The van der Waals surface area contributed by atoms with Crippen LogP contribution in [0.4, 0.5) is 0 Å². The molecule has 2 nitrogen and oxygen atoms in total. The zero-order valence-electron chi connectivity index (χ0n) is 21.7. The SMILES string of the molecule is CC(C)(C)[Si](OC(c1ccccc1)(c1ccccc1)[C@@H]1CCCN1)(c1ccccc1)c1ccccc1. The zero-order valence-corrected chi connectivity index (χ0v) is 22.7. The fourth-order valence-corrected chi connectivity index (χ4v) is 10.8. The van der Waals surface area contributed by atoms with Gasteiger partial charge in [-0.25, -0.2) is 0 Å². The van der Waals surface area contributed by atoms with Crippen molar-refractivity contribution in [3.05, 3.63) is 132 Å². The van der Waals surface area contributed by atoms with E-state index in [1.807, 2.05) is 0 Å². The first-order valence-corrected chi connectivity index (χ1v) is 15.0. The van der Waals surface area contributed by atoms with E-state index in [2.05, 4.69) is 147 Å². The molecule has 1 aliphatic rings. The molecule has 4 aromatic rings. The van der Waals surface area contributed by atoms with E-state index in [1.54, 1.807) is 0 Å². The third kappa shape index (κ3) is 4.26. The van der Waals surface area contributed by atoms with Gasteiger partial charge in [-0.2, -0.15) is 0 Å². The molecular weight excluding hydrogens is 454 g/mol. The lowest BCUT2D eigenvalue weighted by atomic mass is 9.79. The van der Waals surface area contributed by atoms with Gasteiger partial charge >= 0.3 is 0 Å². The van der Waals surface area contributed by atoms with Crippen LogP contribution in [-0.4, -0.2) is 20.9 Å². The van der Waals surface area contributed by atoms with Crippen molar-refractivity contribution < 1.29 is 4.43 Å². The summed E-state index contributed by atoms with van der Waals surface area (Å²) in [6, 6.07) is 44.0. The molecule has 1 fully saturated rings. The molecule has 4 aromatic carbocycles. The van der Waals surface area contributed by atoms with E-state index >= 15 is 0 Å². The topological polar surface area (TPSA) is 21.3 Å². The predicted molar refractivity (Wildman–Crippen MR) is 153 cm³/mol. The highest BCUT2D eigenvalue weighted by Crippen LogP contribution is 2.47. The second kappa shape index (κ2) is 10.2. The van der Waals surface area contributed by atoms with Gasteiger partial charge in [0.15, 0.2) is 0 Å². The van der Waals surface area contributed by atoms with Crippen molar-refractivity contribution in [3.63, 3.8) is 0 Å². The number of nitrogens with one attached hydrogen (secondary N) is 1. The summed E-state index contributed by atoms with van der Waals surface area (Å²) in [6.07, 6.45) is 2.22. The van der Waals surface area contributed by atoms with Crippen LogP contribution in [0.25, 0.3) is 0 Å². The molecule has 0 bridgehead atoms. The minimum atomic E-state index is -2.86. The Bertz CT molecular complexity index is 1150. The van der Waals surface area contributed by atoms with Crippen LogP contribution in [0.1, 0.15) is 44.7 Å². The van der Waals surface area contributed by atoms with Crippen molar-refractivity contribution in [2.45, 2.75) is 50.3 Å². The minimum Gasteiger partial charge on any atom is -0.392 e. The number of rotatable bonds is 7. The summed E-state index contributed by atoms with van der Waals surface area (Å²) >= 11 is 0. The fraction of sp³-hybridized carbons (Fsp3) is 0.273. The van der Waals surface area contributed by atoms with Crippen LogP contribution in [-0.2, 0) is 10.0 Å². The third-order valence-corrected chi connectivity index (χ3v) is 12.7. The second-order valence-electron chi connectivity index (χ2n) is 10.9. The van der Waals surface area contributed by atoms with Gasteiger partial charge in [-0.05, 0) is 45.9 Å². The summed E-state index contributed by atoms with van der Waals surface area (Å²) in [4.78, 5) is 0. The first-order valence-electron chi connectivity index (χ1n) is 13.1. The largest absolute Gasteiger partial charge is 0.392 e. The Morgan fingerprint density at radius 1 is 0.639 bits per heavy atom. The van der Waals surface area contributed by atoms with E-state index in [0.717, 1.165) is 19.4 Å². The minimum absolute atomic E-state index is 0.122. The Morgan fingerprint density at radius 2 is 1.06 bits per heavy atom. The lowest BCUT2D eigenvalue weighted by Crippen LogP contribution is -2.71. The van der Waals surface area contributed by atoms with E-state index in [0.29, 0.717) is 0 Å². The van der Waals surface area contributed by atoms with Crippen LogP contribution in [0.2, 0.25) is 5.04 Å². The summed E-state index contributed by atoms with van der Waals surface area (Å²) in [5.74, 6) is 0. The average Bonchev–Trinajstić information content (AvgIpc) is 3.47. The molecule has 0 saturated carbocycles. The molecular formula is C33H37NOSi. The van der Waals surface area contributed by atoms with Gasteiger partial charge in [-0.15, -0.1) is 0 Å². The summed E-state index contributed by atoms with van der Waals surface area (Å²) < 4.78 is 8.09. The van der Waals surface area contributed by atoms with E-state index in [9.17, 15) is 0 Å². The number of benzene rings is 4. The quantitative estimate of drug-likeness (QED) is 0.308. The van der Waals surface area contributed by atoms with E-state index in [4.69, 9.17) is 4.43 Å². The summed E-state index contributed by atoms with van der Waals surface area (Å²) in [5.41, 5.74) is 1.79. The van der Waals surface area contributed by atoms with E-state index in [-0.39, 0.29) is 11.1 Å². The highest BCUT2D eigenvalue weighted by molar-refractivity contribution is 6.99. The second-order valence-corrected chi connectivity index (χ2v) is 15.1. The van der Waals surface area contributed by atoms with Crippen LogP contribution in [0.3, 0.4) is 0 Å². The molecule has 0 aromatic heterocycles. The molecule has 1 N–H and O–H groups in total. The molecule has 0 spiro atoms. The van der Waals surface area contributed by atoms with Crippen LogP contribution in [0, 0.1) is 0 Å². The molecule has 0 amide bonds. The van der Waals surface area contributed by atoms with Crippen molar-refractivity contribution in [3.8, 4) is 0 Å². The molecule has 0 radical (unpaired) electrons. The smallest absolute Gasteiger partial charge is 0.262 e. The van der Waals surface area contributed by atoms with Crippen LogP contribution in [0.5, 0.6) is 0 Å². The third-order valence-electron chi connectivity index (χ3n) is 7.69. The summed E-state index contributed by atoms with van der Waals surface area (Å²) in [5, 5.41) is 6.35. The van der Waals surface area contributed by atoms with Gasteiger partial charge in [0.25, 0.3) is 8.32 Å². The first-order chi connectivity index (χ1) is 17.5. The van der Waals surface area contributed by atoms with E-state index < -0.39 is 13.9 Å². The van der Waals surface area contributed by atoms with Gasteiger partial charge in [0.1, 0.15) is 5.60 Å². The van der Waals surface area contributed by atoms with E-state index in [1.165, 1.54) is 21.5 Å². The van der Waals surface area contributed by atoms with Crippen molar-refractivity contribution in [2.75, 3.05) is 6.54 Å². The maximum absolute atomic E-state index is 8.09. The van der Waals surface area contributed by atoms with Crippen LogP contribution < -0.4 is 15.7 Å². The maximum Gasteiger partial charge on any atom is 0.262 e. The van der Waals surface area contributed by atoms with Crippen molar-refractivity contribution in [1.82, 2.24) is 5.32 Å². The monoisotopic (exact) mass is 491 g/mol. The summed E-state index contributed by atoms with van der Waals surface area (Å²) in [6.45, 7) is 8.10. The fourth-order valence-electron chi connectivity index (χ4n) is 6.05. The van der Waals surface area contributed by atoms with Crippen molar-refractivity contribution in [2.24, 2.45) is 0 Å². The van der Waals surface area contributed by atoms with Crippen LogP contribution in [0.15, 0.2) is 121 Å². The molecule has 3 heteroatoms. The molecule has 184 valence electrons. The molecule has 1 heterocycles. The Morgan fingerprint density at radius 3 is 1.42 bits per heavy atom. The molecule has 0 aliphatic carbocycles. The van der Waals surface area contributed by atoms with Gasteiger partial charge < -0.3 is 9.74 Å². The average molecular weight is 492 g/mol. The lowest BCUT2D eigenvalue weighted by molar-refractivity contribution is 0.0608. The Kier molecular flexibility index (Phi) is 6.98. The normalized spacial score (nSPS) is 16.7. The molecule has 0 unspecified atom stereocenters. The lowest BCUT2D eigenvalue weighted by Gasteiger charge is -2.52. The Balaban J connectivity index is 1.86. The molecule has 36 heavy (non-hydrogen) atoms. The number of hydrogen-bond acceptors (Lipinski definition) is 2. The predicted octanol–water partition coefficient (Wildman–Crippen LogP) is 6.26. The maximum atomic E-state index is 8.09. The van der Waals surface area contributed by atoms with Gasteiger partial charge in [-0.1, -0.05) is 142 Å². The molecule has 1 aliphatic heterocycles. The Hall–Kier alpha value is -2.98. The van der Waals surface area contributed by atoms with Gasteiger partial charge in [0, 0.05) is 6.04 Å².